The van der Waals surface area contributed by atoms with Crippen LogP contribution in [0.1, 0.15) is 39.5 Å². The Balaban J connectivity index is 0.00000200. The molecule has 0 radical (unpaired) electrons. The van der Waals surface area contributed by atoms with Crippen LogP contribution in [0.2, 0.25) is 0 Å². The van der Waals surface area contributed by atoms with Crippen molar-refractivity contribution >= 4 is 18.3 Å². The van der Waals surface area contributed by atoms with Gasteiger partial charge in [0.05, 0.1) is 6.04 Å². The molecule has 2 heterocycles. The molecule has 0 bridgehead atoms. The van der Waals surface area contributed by atoms with Crippen molar-refractivity contribution < 1.29 is 4.79 Å². The summed E-state index contributed by atoms with van der Waals surface area (Å²) >= 11 is 0. The van der Waals surface area contributed by atoms with Gasteiger partial charge in [-0.3, -0.25) is 4.79 Å². The van der Waals surface area contributed by atoms with Gasteiger partial charge in [-0.1, -0.05) is 13.8 Å². The van der Waals surface area contributed by atoms with Gasteiger partial charge < -0.3 is 15.5 Å². The second-order valence-electron chi connectivity index (χ2n) is 6.55. The highest BCUT2D eigenvalue weighted by Gasteiger charge is 2.28. The van der Waals surface area contributed by atoms with Crippen LogP contribution in [-0.4, -0.2) is 54.5 Å². The maximum atomic E-state index is 12.2. The van der Waals surface area contributed by atoms with Crippen LogP contribution in [0.15, 0.2) is 0 Å². The van der Waals surface area contributed by atoms with Crippen LogP contribution in [0.4, 0.5) is 0 Å². The first kappa shape index (κ1) is 17.7. The van der Waals surface area contributed by atoms with E-state index >= 15 is 0 Å². The third-order valence-corrected chi connectivity index (χ3v) is 4.64. The topological polar surface area (TPSA) is 49.6 Å². The van der Waals surface area contributed by atoms with E-state index < -0.39 is 0 Å². The fourth-order valence-corrected chi connectivity index (χ4v) is 3.16. The van der Waals surface area contributed by atoms with Crippen LogP contribution in [0.25, 0.3) is 0 Å². The smallest absolute Gasteiger partial charge is 0.239 e. The maximum absolute atomic E-state index is 12.2. The summed E-state index contributed by atoms with van der Waals surface area (Å²) < 4.78 is 0. The monoisotopic (exact) mass is 303 g/mol. The number of nitrogens with two attached hydrogens (primary N) is 1. The SMILES string of the molecule is CC(C)[C@H](N)C(=O)N1CCC(CN2CCCC2)CC1.Cl. The number of piperidine rings is 1. The molecule has 0 aromatic carbocycles. The van der Waals surface area contributed by atoms with Gasteiger partial charge in [-0.05, 0) is 50.6 Å². The first-order chi connectivity index (χ1) is 9.08. The van der Waals surface area contributed by atoms with E-state index in [-0.39, 0.29) is 30.3 Å². The molecule has 2 rings (SSSR count). The number of hydrogen-bond acceptors (Lipinski definition) is 3. The largest absolute Gasteiger partial charge is 0.341 e. The Bertz CT molecular complexity index is 297. The van der Waals surface area contributed by atoms with Crippen molar-refractivity contribution in [3.8, 4) is 0 Å². The third-order valence-electron chi connectivity index (χ3n) is 4.64. The number of nitrogens with zero attached hydrogens (tertiary/aromatic N) is 2. The molecule has 0 aliphatic carbocycles. The van der Waals surface area contributed by atoms with Crippen molar-refractivity contribution in [3.63, 3.8) is 0 Å². The summed E-state index contributed by atoms with van der Waals surface area (Å²) in [4.78, 5) is 16.7. The number of rotatable bonds is 4. The number of halogens is 1. The van der Waals surface area contributed by atoms with E-state index in [0.717, 1.165) is 31.8 Å². The standard InChI is InChI=1S/C15H29N3O.ClH/c1-12(2)14(16)15(19)18-9-5-13(6-10-18)11-17-7-3-4-8-17;/h12-14H,3-11,16H2,1-2H3;1H/t14-;/m0./s1. The summed E-state index contributed by atoms with van der Waals surface area (Å²) in [5.41, 5.74) is 5.96. The number of amides is 1. The number of likely N-dealkylation sites (tertiary alicyclic amines) is 2. The van der Waals surface area contributed by atoms with Gasteiger partial charge in [0.25, 0.3) is 0 Å². The molecule has 1 atom stereocenters. The Morgan fingerprint density at radius 2 is 1.70 bits per heavy atom. The lowest BCUT2D eigenvalue weighted by atomic mass is 9.95. The second-order valence-corrected chi connectivity index (χ2v) is 6.55. The molecule has 20 heavy (non-hydrogen) atoms. The van der Waals surface area contributed by atoms with E-state index in [4.69, 9.17) is 5.73 Å². The summed E-state index contributed by atoms with van der Waals surface area (Å²) in [5, 5.41) is 0. The van der Waals surface area contributed by atoms with E-state index in [1.165, 1.54) is 32.5 Å². The van der Waals surface area contributed by atoms with Crippen LogP contribution in [-0.2, 0) is 4.79 Å². The lowest BCUT2D eigenvalue weighted by Crippen LogP contribution is -2.50. The molecule has 2 aliphatic rings. The molecular weight excluding hydrogens is 274 g/mol. The first-order valence-electron chi connectivity index (χ1n) is 7.84. The van der Waals surface area contributed by atoms with E-state index in [1.807, 2.05) is 18.7 Å². The van der Waals surface area contributed by atoms with Gasteiger partial charge in [0.15, 0.2) is 0 Å². The number of carbonyl (C=O) groups is 1. The fraction of sp³-hybridized carbons (Fsp3) is 0.933. The van der Waals surface area contributed by atoms with Crippen molar-refractivity contribution in [3.05, 3.63) is 0 Å². The summed E-state index contributed by atoms with van der Waals surface area (Å²) in [6.45, 7) is 9.62. The average molecular weight is 304 g/mol. The van der Waals surface area contributed by atoms with Crippen LogP contribution >= 0.6 is 12.4 Å². The van der Waals surface area contributed by atoms with Crippen LogP contribution in [0.5, 0.6) is 0 Å². The minimum Gasteiger partial charge on any atom is -0.341 e. The lowest BCUT2D eigenvalue weighted by Gasteiger charge is -2.35. The lowest BCUT2D eigenvalue weighted by molar-refractivity contribution is -0.135. The van der Waals surface area contributed by atoms with Crippen molar-refractivity contribution in [2.75, 3.05) is 32.7 Å². The molecule has 5 heteroatoms. The van der Waals surface area contributed by atoms with Crippen molar-refractivity contribution in [2.45, 2.75) is 45.6 Å². The zero-order valence-electron chi connectivity index (χ0n) is 12.9. The van der Waals surface area contributed by atoms with Gasteiger partial charge in [-0.2, -0.15) is 0 Å². The van der Waals surface area contributed by atoms with Crippen molar-refractivity contribution in [1.82, 2.24) is 9.80 Å². The molecule has 1 amide bonds. The zero-order valence-corrected chi connectivity index (χ0v) is 13.7. The van der Waals surface area contributed by atoms with Gasteiger partial charge in [0.2, 0.25) is 5.91 Å². The Morgan fingerprint density at radius 3 is 2.20 bits per heavy atom. The highest BCUT2D eigenvalue weighted by atomic mass is 35.5. The number of hydrogen-bond donors (Lipinski definition) is 1. The van der Waals surface area contributed by atoms with Crippen LogP contribution in [0, 0.1) is 11.8 Å². The van der Waals surface area contributed by atoms with Gasteiger partial charge in [0, 0.05) is 19.6 Å². The average Bonchev–Trinajstić information content (AvgIpc) is 2.90. The summed E-state index contributed by atoms with van der Waals surface area (Å²) in [7, 11) is 0. The van der Waals surface area contributed by atoms with Gasteiger partial charge >= 0.3 is 0 Å². The molecular formula is C15H30ClN3O. The van der Waals surface area contributed by atoms with E-state index in [1.54, 1.807) is 0 Å². The Hall–Kier alpha value is -0.320. The van der Waals surface area contributed by atoms with E-state index in [2.05, 4.69) is 4.90 Å². The van der Waals surface area contributed by atoms with Crippen molar-refractivity contribution in [1.29, 1.82) is 0 Å². The third kappa shape index (κ3) is 4.61. The van der Waals surface area contributed by atoms with Gasteiger partial charge in [-0.25, -0.2) is 0 Å². The summed E-state index contributed by atoms with van der Waals surface area (Å²) in [6.07, 6.45) is 5.02. The molecule has 2 N–H and O–H groups in total. The zero-order chi connectivity index (χ0) is 13.8. The highest BCUT2D eigenvalue weighted by Crippen LogP contribution is 2.21. The molecule has 0 aromatic heterocycles. The Kier molecular flexibility index (Phi) is 7.27. The van der Waals surface area contributed by atoms with E-state index in [0.29, 0.717) is 0 Å². The number of carbonyl (C=O) groups excluding carboxylic acids is 1. The van der Waals surface area contributed by atoms with Gasteiger partial charge in [0.1, 0.15) is 0 Å². The highest BCUT2D eigenvalue weighted by molar-refractivity contribution is 5.85. The minimum atomic E-state index is -0.324. The normalized spacial score (nSPS) is 22.9. The molecule has 2 aliphatic heterocycles. The van der Waals surface area contributed by atoms with Crippen LogP contribution in [0.3, 0.4) is 0 Å². The molecule has 118 valence electrons. The fourth-order valence-electron chi connectivity index (χ4n) is 3.16. The van der Waals surface area contributed by atoms with E-state index in [9.17, 15) is 4.79 Å². The molecule has 0 saturated carbocycles. The quantitative estimate of drug-likeness (QED) is 0.860. The first-order valence-corrected chi connectivity index (χ1v) is 7.84. The molecule has 2 fully saturated rings. The predicted molar refractivity (Wildman–Crippen MR) is 85.0 cm³/mol. The van der Waals surface area contributed by atoms with Gasteiger partial charge in [-0.15, -0.1) is 12.4 Å². The molecule has 0 unspecified atom stereocenters. The van der Waals surface area contributed by atoms with Crippen LogP contribution < -0.4 is 5.73 Å². The van der Waals surface area contributed by atoms with Crippen molar-refractivity contribution in [2.24, 2.45) is 17.6 Å². The molecule has 0 aromatic rings. The molecule has 0 spiro atoms. The summed E-state index contributed by atoms with van der Waals surface area (Å²) in [5.74, 6) is 1.15. The molecule has 4 nitrogen and oxygen atoms in total. The second kappa shape index (κ2) is 8.20. The molecule has 2 saturated heterocycles. The minimum absolute atomic E-state index is 0. The summed E-state index contributed by atoms with van der Waals surface area (Å²) in [6, 6.07) is -0.324. The Morgan fingerprint density at radius 1 is 1.15 bits per heavy atom. The Labute approximate surface area is 129 Å². The predicted octanol–water partition coefficient (Wildman–Crippen LogP) is 1.73. The maximum Gasteiger partial charge on any atom is 0.239 e.